The van der Waals surface area contributed by atoms with E-state index in [-0.39, 0.29) is 11.3 Å². The molecule has 0 saturated carbocycles. The second kappa shape index (κ2) is 11.7. The van der Waals surface area contributed by atoms with E-state index in [2.05, 4.69) is 15.3 Å². The van der Waals surface area contributed by atoms with Gasteiger partial charge in [-0.25, -0.2) is 17.9 Å². The number of rotatable bonds is 7. The summed E-state index contributed by atoms with van der Waals surface area (Å²) in [6.07, 6.45) is -0.543. The molecule has 10 nitrogen and oxygen atoms in total. The van der Waals surface area contributed by atoms with Gasteiger partial charge in [0, 0.05) is 37.8 Å². The zero-order chi connectivity index (χ0) is 28.6. The molecule has 0 amide bonds. The number of ether oxygens (including phenoxy) is 2. The van der Waals surface area contributed by atoms with E-state index in [0.717, 1.165) is 34.1 Å². The van der Waals surface area contributed by atoms with Gasteiger partial charge in [-0.15, -0.1) is 16.9 Å². The van der Waals surface area contributed by atoms with Gasteiger partial charge in [0.2, 0.25) is 0 Å². The van der Waals surface area contributed by atoms with Crippen molar-refractivity contribution in [2.45, 2.75) is 60.4 Å². The zero-order valence-electron chi connectivity index (χ0n) is 21.4. The summed E-state index contributed by atoms with van der Waals surface area (Å²) in [5, 5.41) is 51.2. The van der Waals surface area contributed by atoms with Crippen LogP contribution in [0.25, 0.3) is 11.3 Å². The van der Waals surface area contributed by atoms with E-state index in [1.165, 1.54) is 6.20 Å². The molecule has 0 spiro atoms. The molecule has 216 valence electrons. The largest absolute Gasteiger partial charge is 0.394 e. The van der Waals surface area contributed by atoms with E-state index >= 15 is 0 Å². The van der Waals surface area contributed by atoms with Gasteiger partial charge in [-0.2, -0.15) is 0 Å². The van der Waals surface area contributed by atoms with E-state index in [0.29, 0.717) is 31.7 Å². The number of aliphatic hydroxyl groups excluding tert-OH is 3. The molecule has 2 aliphatic heterocycles. The second-order valence-corrected chi connectivity index (χ2v) is 11.2. The third-order valence-electron chi connectivity index (χ3n) is 7.36. The van der Waals surface area contributed by atoms with Crippen LogP contribution in [0.5, 0.6) is 0 Å². The summed E-state index contributed by atoms with van der Waals surface area (Å²) < 4.78 is 53.5. The second-order valence-electron chi connectivity index (χ2n) is 9.97. The predicted molar refractivity (Wildman–Crippen MR) is 136 cm³/mol. The fourth-order valence-electron chi connectivity index (χ4n) is 5.09. The van der Waals surface area contributed by atoms with Crippen LogP contribution >= 0.6 is 11.8 Å². The van der Waals surface area contributed by atoms with E-state index < -0.39 is 64.7 Å². The van der Waals surface area contributed by atoms with Crippen LogP contribution in [0.3, 0.4) is 0 Å². The maximum Gasteiger partial charge on any atom is 0.194 e. The lowest BCUT2D eigenvalue weighted by Gasteiger charge is -2.45. The first-order valence-corrected chi connectivity index (χ1v) is 13.6. The molecule has 14 heteroatoms. The predicted octanol–water partition coefficient (Wildman–Crippen LogP) is 2.06. The Balaban J connectivity index is 1.47. The number of aryl methyl sites for hydroxylation is 1. The Kier molecular flexibility index (Phi) is 8.47. The highest BCUT2D eigenvalue weighted by Gasteiger charge is 2.50. The topological polar surface area (TPSA) is 143 Å². The standard InChI is InChI=1S/C26H29F3N4O6S/c1-13-3-2-6-30-20(13)24(26(37)4-7-38-8-5-26)40-25-23(36)21(22(35)18(12-34)39-25)33-11-17(31-32-33)14-9-15(27)19(29)16(28)10-14/h2-3,6,9-11,18,21-25,34-37H,4-5,7-8,12H2,1H3/t18-,21+,22+,23-,24?,25+/m1/s1. The Morgan fingerprint density at radius 1 is 1.15 bits per heavy atom. The number of hydrogen-bond donors (Lipinski definition) is 4. The van der Waals surface area contributed by atoms with Gasteiger partial charge < -0.3 is 29.9 Å². The first-order valence-electron chi connectivity index (χ1n) is 12.7. The molecule has 0 bridgehead atoms. The molecule has 2 saturated heterocycles. The molecule has 1 unspecified atom stereocenters. The number of aromatic nitrogens is 4. The van der Waals surface area contributed by atoms with Crippen molar-refractivity contribution in [2.75, 3.05) is 19.8 Å². The summed E-state index contributed by atoms with van der Waals surface area (Å²) in [5.41, 5.74) is -1.04. The summed E-state index contributed by atoms with van der Waals surface area (Å²) in [4.78, 5) is 4.51. The summed E-state index contributed by atoms with van der Waals surface area (Å²) in [5.74, 6) is -4.44. The molecule has 0 radical (unpaired) electrons. The number of pyridine rings is 1. The maximum atomic E-state index is 13.8. The highest BCUT2D eigenvalue weighted by atomic mass is 32.2. The number of aliphatic hydroxyl groups is 4. The molecular weight excluding hydrogens is 553 g/mol. The van der Waals surface area contributed by atoms with Crippen molar-refractivity contribution >= 4 is 11.8 Å². The van der Waals surface area contributed by atoms with E-state index in [4.69, 9.17) is 9.47 Å². The van der Waals surface area contributed by atoms with Crippen molar-refractivity contribution in [2.24, 2.45) is 0 Å². The highest BCUT2D eigenvalue weighted by Crippen LogP contribution is 2.49. The van der Waals surface area contributed by atoms with Gasteiger partial charge in [-0.1, -0.05) is 11.3 Å². The molecule has 2 aromatic heterocycles. The third kappa shape index (κ3) is 5.49. The van der Waals surface area contributed by atoms with Gasteiger partial charge in [0.05, 0.1) is 29.3 Å². The van der Waals surface area contributed by atoms with Crippen molar-refractivity contribution in [3.05, 3.63) is 65.4 Å². The van der Waals surface area contributed by atoms with Crippen molar-refractivity contribution in [1.29, 1.82) is 0 Å². The summed E-state index contributed by atoms with van der Waals surface area (Å²) in [6.45, 7) is 1.93. The van der Waals surface area contributed by atoms with E-state index in [1.807, 2.05) is 13.0 Å². The van der Waals surface area contributed by atoms with Crippen LogP contribution in [0.15, 0.2) is 36.7 Å². The summed E-state index contributed by atoms with van der Waals surface area (Å²) >= 11 is 1.11. The van der Waals surface area contributed by atoms with Crippen molar-refractivity contribution in [3.8, 4) is 11.3 Å². The van der Waals surface area contributed by atoms with Crippen LogP contribution < -0.4 is 0 Å². The molecule has 6 atom stereocenters. The van der Waals surface area contributed by atoms with Gasteiger partial charge in [-0.3, -0.25) is 4.98 Å². The molecule has 40 heavy (non-hydrogen) atoms. The lowest BCUT2D eigenvalue weighted by atomic mass is 9.87. The normalized spacial score (nSPS) is 27.4. The number of halogens is 3. The zero-order valence-corrected chi connectivity index (χ0v) is 22.2. The van der Waals surface area contributed by atoms with Gasteiger partial charge >= 0.3 is 0 Å². The third-order valence-corrected chi connectivity index (χ3v) is 8.95. The quantitative estimate of drug-likeness (QED) is 0.306. The molecule has 5 rings (SSSR count). The maximum absolute atomic E-state index is 13.8. The lowest BCUT2D eigenvalue weighted by molar-refractivity contribution is -0.179. The minimum Gasteiger partial charge on any atom is -0.394 e. The van der Waals surface area contributed by atoms with Gasteiger partial charge in [0.25, 0.3) is 0 Å². The van der Waals surface area contributed by atoms with Crippen molar-refractivity contribution in [1.82, 2.24) is 20.0 Å². The molecule has 2 aliphatic rings. The Hall–Kier alpha value is -2.59. The monoisotopic (exact) mass is 582 g/mol. The lowest BCUT2D eigenvalue weighted by Crippen LogP contribution is -2.55. The molecule has 4 N–H and O–H groups in total. The first kappa shape index (κ1) is 28.9. The number of hydrogen-bond acceptors (Lipinski definition) is 10. The van der Waals surface area contributed by atoms with Crippen LogP contribution in [-0.4, -0.2) is 89.6 Å². The fourth-order valence-corrected chi connectivity index (χ4v) is 6.75. The Morgan fingerprint density at radius 3 is 2.50 bits per heavy atom. The van der Waals surface area contributed by atoms with Crippen LogP contribution in [-0.2, 0) is 9.47 Å². The fraction of sp³-hybridized carbons (Fsp3) is 0.500. The Labute approximate surface area is 231 Å². The Morgan fingerprint density at radius 2 is 1.85 bits per heavy atom. The van der Waals surface area contributed by atoms with E-state index in [1.54, 1.807) is 12.3 Å². The Bertz CT molecular complexity index is 1320. The molecule has 1 aromatic carbocycles. The van der Waals surface area contributed by atoms with Crippen LogP contribution in [0.2, 0.25) is 0 Å². The SMILES string of the molecule is Cc1cccnc1C(S[C@@H]1O[C@H](CO)[C@H](O)[C@H](n2cc(-c3cc(F)c(F)c(F)c3)nn2)[C@H]1O)C1(O)CCOCC1. The number of nitrogens with zero attached hydrogens (tertiary/aromatic N) is 4. The molecule has 2 fully saturated rings. The minimum absolute atomic E-state index is 0.0352. The van der Waals surface area contributed by atoms with Crippen molar-refractivity contribution in [3.63, 3.8) is 0 Å². The smallest absolute Gasteiger partial charge is 0.194 e. The molecule has 3 aromatic rings. The molecule has 4 heterocycles. The average Bonchev–Trinajstić information content (AvgIpc) is 3.42. The van der Waals surface area contributed by atoms with Gasteiger partial charge in [-0.05, 0) is 30.7 Å². The van der Waals surface area contributed by atoms with Crippen molar-refractivity contribution < 1.29 is 43.1 Å². The van der Waals surface area contributed by atoms with Crippen LogP contribution in [0, 0.1) is 24.4 Å². The van der Waals surface area contributed by atoms with E-state index in [9.17, 15) is 33.6 Å². The minimum atomic E-state index is -1.62. The highest BCUT2D eigenvalue weighted by molar-refractivity contribution is 8.00. The van der Waals surface area contributed by atoms with Gasteiger partial charge in [0.1, 0.15) is 35.5 Å². The molecule has 0 aliphatic carbocycles. The van der Waals surface area contributed by atoms with Crippen LogP contribution in [0.1, 0.15) is 35.4 Å². The molecular formula is C26H29F3N4O6S. The van der Waals surface area contributed by atoms with Gasteiger partial charge in [0.15, 0.2) is 17.5 Å². The number of thioether (sulfide) groups is 1. The number of benzene rings is 1. The van der Waals surface area contributed by atoms with Crippen LogP contribution in [0.4, 0.5) is 13.2 Å². The average molecular weight is 583 g/mol. The summed E-state index contributed by atoms with van der Waals surface area (Å²) in [7, 11) is 0. The summed E-state index contributed by atoms with van der Waals surface area (Å²) in [6, 6.07) is 3.95. The first-order chi connectivity index (χ1) is 19.1.